The molecule has 0 radical (unpaired) electrons. The van der Waals surface area contributed by atoms with E-state index in [0.29, 0.717) is 23.8 Å². The molecule has 1 aromatic carbocycles. The first-order valence-electron chi connectivity index (χ1n) is 4.17. The van der Waals surface area contributed by atoms with Gasteiger partial charge in [0.05, 0.1) is 0 Å². The molecule has 1 aromatic rings. The first-order chi connectivity index (χ1) is 6.65. The van der Waals surface area contributed by atoms with Crippen LogP contribution in [-0.2, 0) is 0 Å². The van der Waals surface area contributed by atoms with Crippen LogP contribution in [-0.4, -0.2) is 19.1 Å². The minimum Gasteiger partial charge on any atom is -0.351 e. The molecule has 0 bridgehead atoms. The van der Waals surface area contributed by atoms with E-state index < -0.39 is 6.03 Å². The Morgan fingerprint density at radius 1 is 1.50 bits per heavy atom. The highest BCUT2D eigenvalue weighted by Crippen LogP contribution is 2.18. The molecule has 0 fully saturated rings. The summed E-state index contributed by atoms with van der Waals surface area (Å²) in [6, 6.07) is 6.38. The fraction of sp³-hybridized carbons (Fsp3) is 0.222. The van der Waals surface area contributed by atoms with Crippen molar-refractivity contribution < 1.29 is 4.79 Å². The molecule has 0 aromatic heterocycles. The summed E-state index contributed by atoms with van der Waals surface area (Å²) in [6.07, 6.45) is 0. The predicted molar refractivity (Wildman–Crippen MR) is 57.4 cm³/mol. The van der Waals surface area contributed by atoms with E-state index in [4.69, 9.17) is 23.1 Å². The summed E-state index contributed by atoms with van der Waals surface area (Å²) in [7, 11) is 0. The first kappa shape index (κ1) is 10.8. The number of hydrogen-bond acceptors (Lipinski definition) is 2. The second-order valence-corrected chi connectivity index (χ2v) is 3.19. The van der Waals surface area contributed by atoms with Gasteiger partial charge in [-0.25, -0.2) is 4.79 Å². The number of carbonyl (C=O) groups is 1. The van der Waals surface area contributed by atoms with E-state index in [1.807, 2.05) is 0 Å². The zero-order valence-electron chi connectivity index (χ0n) is 7.61. The maximum Gasteiger partial charge on any atom is 0.319 e. The van der Waals surface area contributed by atoms with E-state index in [-0.39, 0.29) is 0 Å². The number of nitrogens with two attached hydrogens (primary N) is 2. The molecule has 5 heteroatoms. The third-order valence-electron chi connectivity index (χ3n) is 1.74. The van der Waals surface area contributed by atoms with Gasteiger partial charge in [-0.1, -0.05) is 17.7 Å². The van der Waals surface area contributed by atoms with Crippen molar-refractivity contribution >= 4 is 23.3 Å². The molecule has 0 heterocycles. The molecule has 0 saturated heterocycles. The number of halogens is 1. The Bertz CT molecular complexity index is 330. The van der Waals surface area contributed by atoms with Crippen molar-refractivity contribution in [3.8, 4) is 0 Å². The van der Waals surface area contributed by atoms with Crippen molar-refractivity contribution in [1.29, 1.82) is 0 Å². The molecule has 4 N–H and O–H groups in total. The van der Waals surface area contributed by atoms with Crippen LogP contribution in [0.5, 0.6) is 0 Å². The number of amides is 2. The zero-order chi connectivity index (χ0) is 10.6. The van der Waals surface area contributed by atoms with E-state index >= 15 is 0 Å². The Kier molecular flexibility index (Phi) is 3.73. The lowest BCUT2D eigenvalue weighted by Crippen LogP contribution is -2.39. The molecule has 0 aliphatic heterocycles. The van der Waals surface area contributed by atoms with Crippen LogP contribution in [0.2, 0.25) is 5.02 Å². The normalized spacial score (nSPS) is 9.86. The van der Waals surface area contributed by atoms with Gasteiger partial charge in [0.25, 0.3) is 0 Å². The van der Waals surface area contributed by atoms with Crippen molar-refractivity contribution in [1.82, 2.24) is 0 Å². The van der Waals surface area contributed by atoms with Crippen molar-refractivity contribution in [2.24, 2.45) is 11.5 Å². The van der Waals surface area contributed by atoms with Crippen molar-refractivity contribution in [2.75, 3.05) is 18.0 Å². The van der Waals surface area contributed by atoms with Gasteiger partial charge in [-0.15, -0.1) is 0 Å². The van der Waals surface area contributed by atoms with Crippen molar-refractivity contribution in [3.63, 3.8) is 0 Å². The second kappa shape index (κ2) is 4.83. The number of benzene rings is 1. The highest BCUT2D eigenvalue weighted by Gasteiger charge is 2.10. The van der Waals surface area contributed by atoms with Gasteiger partial charge in [-0.2, -0.15) is 0 Å². The molecule has 0 saturated carbocycles. The van der Waals surface area contributed by atoms with Gasteiger partial charge in [-0.05, 0) is 18.2 Å². The number of carbonyl (C=O) groups excluding carboxylic acids is 1. The van der Waals surface area contributed by atoms with E-state index in [9.17, 15) is 4.79 Å². The molecule has 0 unspecified atom stereocenters. The van der Waals surface area contributed by atoms with Crippen molar-refractivity contribution in [3.05, 3.63) is 29.3 Å². The number of hydrogen-bond donors (Lipinski definition) is 2. The van der Waals surface area contributed by atoms with Crippen LogP contribution < -0.4 is 16.4 Å². The molecule has 0 atom stereocenters. The second-order valence-electron chi connectivity index (χ2n) is 2.76. The predicted octanol–water partition coefficient (Wildman–Crippen LogP) is 1.18. The molecule has 0 aliphatic carbocycles. The lowest BCUT2D eigenvalue weighted by Gasteiger charge is -2.19. The molecule has 76 valence electrons. The Morgan fingerprint density at radius 3 is 2.71 bits per heavy atom. The highest BCUT2D eigenvalue weighted by molar-refractivity contribution is 6.30. The van der Waals surface area contributed by atoms with E-state index in [1.165, 1.54) is 4.90 Å². The summed E-state index contributed by atoms with van der Waals surface area (Å²) < 4.78 is 0. The third kappa shape index (κ3) is 2.61. The molecule has 1 rings (SSSR count). The molecular formula is C9H12ClN3O. The van der Waals surface area contributed by atoms with Crippen LogP contribution in [0.25, 0.3) is 0 Å². The van der Waals surface area contributed by atoms with Crippen LogP contribution in [0.1, 0.15) is 0 Å². The number of anilines is 1. The number of urea groups is 1. The molecular weight excluding hydrogens is 202 g/mol. The summed E-state index contributed by atoms with van der Waals surface area (Å²) >= 11 is 5.78. The SMILES string of the molecule is NCCN(C(N)=O)c1cccc(Cl)c1. The first-order valence-corrected chi connectivity index (χ1v) is 4.55. The minimum absolute atomic E-state index is 0.357. The largest absolute Gasteiger partial charge is 0.351 e. The van der Waals surface area contributed by atoms with Crippen LogP contribution in [0.3, 0.4) is 0 Å². The maximum atomic E-state index is 11.1. The van der Waals surface area contributed by atoms with E-state index in [2.05, 4.69) is 0 Å². The Balaban J connectivity index is 2.93. The summed E-state index contributed by atoms with van der Waals surface area (Å²) in [6.45, 7) is 0.741. The van der Waals surface area contributed by atoms with Crippen LogP contribution in [0, 0.1) is 0 Å². The van der Waals surface area contributed by atoms with Gasteiger partial charge in [0.2, 0.25) is 0 Å². The summed E-state index contributed by atoms with van der Waals surface area (Å²) in [5, 5.41) is 0.561. The fourth-order valence-electron chi connectivity index (χ4n) is 1.14. The number of nitrogens with zero attached hydrogens (tertiary/aromatic N) is 1. The van der Waals surface area contributed by atoms with Gasteiger partial charge in [0.15, 0.2) is 0 Å². The Labute approximate surface area is 87.4 Å². The number of primary amides is 1. The summed E-state index contributed by atoms with van der Waals surface area (Å²) in [4.78, 5) is 12.4. The quantitative estimate of drug-likeness (QED) is 0.792. The molecule has 0 aliphatic rings. The Hall–Kier alpha value is -1.26. The fourth-order valence-corrected chi connectivity index (χ4v) is 1.32. The van der Waals surface area contributed by atoms with Gasteiger partial charge in [-0.3, -0.25) is 4.90 Å². The standard InChI is InChI=1S/C9H12ClN3O/c10-7-2-1-3-8(6-7)13(5-4-11)9(12)14/h1-3,6H,4-5,11H2,(H2,12,14). The van der Waals surface area contributed by atoms with Gasteiger partial charge < -0.3 is 11.5 Å². The average molecular weight is 214 g/mol. The third-order valence-corrected chi connectivity index (χ3v) is 1.97. The highest BCUT2D eigenvalue weighted by atomic mass is 35.5. The Morgan fingerprint density at radius 2 is 2.21 bits per heavy atom. The number of rotatable bonds is 3. The summed E-state index contributed by atoms with van der Waals surface area (Å²) in [5.74, 6) is 0. The molecule has 14 heavy (non-hydrogen) atoms. The van der Waals surface area contributed by atoms with Crippen molar-refractivity contribution in [2.45, 2.75) is 0 Å². The topological polar surface area (TPSA) is 72.3 Å². The van der Waals surface area contributed by atoms with Gasteiger partial charge in [0.1, 0.15) is 0 Å². The average Bonchev–Trinajstić information content (AvgIpc) is 2.13. The van der Waals surface area contributed by atoms with E-state index in [0.717, 1.165) is 0 Å². The minimum atomic E-state index is -0.530. The molecule has 0 spiro atoms. The van der Waals surface area contributed by atoms with Gasteiger partial charge in [0, 0.05) is 23.8 Å². The lowest BCUT2D eigenvalue weighted by molar-refractivity contribution is 0.254. The smallest absolute Gasteiger partial charge is 0.319 e. The van der Waals surface area contributed by atoms with Crippen LogP contribution >= 0.6 is 11.6 Å². The zero-order valence-corrected chi connectivity index (χ0v) is 8.37. The monoisotopic (exact) mass is 213 g/mol. The lowest BCUT2D eigenvalue weighted by atomic mass is 10.3. The van der Waals surface area contributed by atoms with Crippen LogP contribution in [0.15, 0.2) is 24.3 Å². The van der Waals surface area contributed by atoms with Gasteiger partial charge >= 0.3 is 6.03 Å². The van der Waals surface area contributed by atoms with E-state index in [1.54, 1.807) is 24.3 Å². The van der Waals surface area contributed by atoms with Crippen LogP contribution in [0.4, 0.5) is 10.5 Å². The summed E-state index contributed by atoms with van der Waals surface area (Å²) in [5.41, 5.74) is 11.2. The molecule has 2 amide bonds. The molecule has 4 nitrogen and oxygen atoms in total. The maximum absolute atomic E-state index is 11.1.